The minimum absolute atomic E-state index is 0.260. The second-order valence-electron chi connectivity index (χ2n) is 4.78. The molecular formula is C15H8BrFN4OS. The Bertz CT molecular complexity index is 1110. The molecule has 0 unspecified atom stereocenters. The van der Waals surface area contributed by atoms with Crippen LogP contribution in [0.2, 0.25) is 0 Å². The van der Waals surface area contributed by atoms with Crippen LogP contribution in [0.15, 0.2) is 51.7 Å². The zero-order valence-electron chi connectivity index (χ0n) is 11.5. The maximum Gasteiger partial charge on any atom is 0.283 e. The minimum Gasteiger partial charge on any atom is -0.328 e. The third-order valence-corrected chi connectivity index (χ3v) is 4.59. The van der Waals surface area contributed by atoms with Crippen LogP contribution in [0.25, 0.3) is 15.9 Å². The van der Waals surface area contributed by atoms with Crippen molar-refractivity contribution in [2.45, 2.75) is 0 Å². The molecule has 0 amide bonds. The molecule has 0 bridgehead atoms. The summed E-state index contributed by atoms with van der Waals surface area (Å²) in [6.07, 6.45) is 0. The molecule has 1 N–H and O–H groups in total. The normalized spacial score (nSPS) is 11.2. The number of halogens is 2. The number of hydrogen-bond donors (Lipinski definition) is 1. The highest BCUT2D eigenvalue weighted by Crippen LogP contribution is 2.24. The van der Waals surface area contributed by atoms with Crippen molar-refractivity contribution in [2.75, 3.05) is 5.32 Å². The number of rotatable bonds is 2. The highest BCUT2D eigenvalue weighted by Gasteiger charge is 2.12. The van der Waals surface area contributed by atoms with E-state index in [1.165, 1.54) is 21.9 Å². The number of anilines is 2. The van der Waals surface area contributed by atoms with Crippen LogP contribution in [0.1, 0.15) is 0 Å². The predicted molar refractivity (Wildman–Crippen MR) is 92.0 cm³/mol. The molecule has 0 spiro atoms. The molecular weight excluding hydrogens is 383 g/mol. The van der Waals surface area contributed by atoms with Gasteiger partial charge in [0.1, 0.15) is 5.82 Å². The molecule has 2 heterocycles. The largest absolute Gasteiger partial charge is 0.328 e. The van der Waals surface area contributed by atoms with E-state index in [1.807, 2.05) is 6.07 Å². The highest BCUT2D eigenvalue weighted by molar-refractivity contribution is 9.10. The van der Waals surface area contributed by atoms with E-state index in [0.717, 1.165) is 4.47 Å². The Kier molecular flexibility index (Phi) is 3.35. The lowest BCUT2D eigenvalue weighted by atomic mass is 10.2. The topological polar surface area (TPSA) is 59.3 Å². The van der Waals surface area contributed by atoms with Gasteiger partial charge in [-0.3, -0.25) is 4.79 Å². The number of benzene rings is 2. The molecule has 0 radical (unpaired) electrons. The number of aromatic nitrogens is 3. The van der Waals surface area contributed by atoms with Gasteiger partial charge >= 0.3 is 0 Å². The number of nitrogens with one attached hydrogen (secondary N) is 1. The minimum atomic E-state index is -0.388. The molecule has 0 aliphatic heterocycles. The van der Waals surface area contributed by atoms with E-state index in [9.17, 15) is 9.18 Å². The van der Waals surface area contributed by atoms with E-state index in [2.05, 4.69) is 31.3 Å². The Labute approximate surface area is 141 Å². The lowest BCUT2D eigenvalue weighted by Gasteiger charge is -2.01. The molecule has 114 valence electrons. The van der Waals surface area contributed by atoms with Crippen LogP contribution < -0.4 is 10.9 Å². The summed E-state index contributed by atoms with van der Waals surface area (Å²) in [5.74, 6) is -0.388. The summed E-state index contributed by atoms with van der Waals surface area (Å²) in [7, 11) is 0. The monoisotopic (exact) mass is 390 g/mol. The zero-order chi connectivity index (χ0) is 16.0. The van der Waals surface area contributed by atoms with Crippen LogP contribution in [0.3, 0.4) is 0 Å². The van der Waals surface area contributed by atoms with Gasteiger partial charge in [-0.1, -0.05) is 39.4 Å². The van der Waals surface area contributed by atoms with Gasteiger partial charge in [0.05, 0.1) is 16.6 Å². The summed E-state index contributed by atoms with van der Waals surface area (Å²) >= 11 is 4.53. The first-order valence-corrected chi connectivity index (χ1v) is 8.23. The number of nitrogens with zero attached hydrogens (tertiary/aromatic N) is 3. The second kappa shape index (κ2) is 5.39. The maximum atomic E-state index is 13.7. The summed E-state index contributed by atoms with van der Waals surface area (Å²) in [6, 6.07) is 11.6. The van der Waals surface area contributed by atoms with Gasteiger partial charge in [-0.2, -0.15) is 4.52 Å². The lowest BCUT2D eigenvalue weighted by molar-refractivity contribution is 0.632. The van der Waals surface area contributed by atoms with E-state index >= 15 is 0 Å². The predicted octanol–water partition coefficient (Wildman–Crippen LogP) is 3.95. The molecule has 8 heteroatoms. The molecule has 0 atom stereocenters. The van der Waals surface area contributed by atoms with Crippen LogP contribution in [-0.4, -0.2) is 14.6 Å². The fourth-order valence-corrected chi connectivity index (χ4v) is 3.38. The van der Waals surface area contributed by atoms with Gasteiger partial charge in [-0.25, -0.2) is 9.37 Å². The van der Waals surface area contributed by atoms with Gasteiger partial charge in [0.25, 0.3) is 5.56 Å². The first kappa shape index (κ1) is 14.3. The fourth-order valence-electron chi connectivity index (χ4n) is 2.21. The van der Waals surface area contributed by atoms with Crippen molar-refractivity contribution in [3.63, 3.8) is 0 Å². The number of fused-ring (bicyclic) bond motifs is 2. The van der Waals surface area contributed by atoms with Crippen LogP contribution in [0, 0.1) is 5.82 Å². The van der Waals surface area contributed by atoms with Crippen molar-refractivity contribution in [1.29, 1.82) is 0 Å². The average Bonchev–Trinajstić information content (AvgIpc) is 2.93. The van der Waals surface area contributed by atoms with E-state index in [4.69, 9.17) is 0 Å². The number of hydrogen-bond acceptors (Lipinski definition) is 5. The molecule has 2 aromatic carbocycles. The average molecular weight is 391 g/mol. The molecule has 4 aromatic rings. The van der Waals surface area contributed by atoms with Gasteiger partial charge < -0.3 is 5.32 Å². The summed E-state index contributed by atoms with van der Waals surface area (Å²) in [5.41, 5.74) is 0.635. The van der Waals surface area contributed by atoms with Crippen molar-refractivity contribution < 1.29 is 4.39 Å². The summed E-state index contributed by atoms with van der Waals surface area (Å²) in [4.78, 5) is 17.4. The molecule has 0 aliphatic rings. The van der Waals surface area contributed by atoms with Gasteiger partial charge in [0.15, 0.2) is 0 Å². The Hall–Kier alpha value is -2.32. The lowest BCUT2D eigenvalue weighted by Crippen LogP contribution is -2.15. The Morgan fingerprint density at radius 1 is 1.22 bits per heavy atom. The van der Waals surface area contributed by atoms with E-state index < -0.39 is 0 Å². The molecule has 2 aromatic heterocycles. The molecule has 0 aliphatic carbocycles. The Morgan fingerprint density at radius 2 is 2.04 bits per heavy atom. The van der Waals surface area contributed by atoms with E-state index in [1.54, 1.807) is 30.3 Å². The summed E-state index contributed by atoms with van der Waals surface area (Å²) in [5, 5.41) is 7.94. The highest BCUT2D eigenvalue weighted by atomic mass is 79.9. The Balaban J connectivity index is 1.88. The van der Waals surface area contributed by atoms with Gasteiger partial charge in [0.2, 0.25) is 10.1 Å². The summed E-state index contributed by atoms with van der Waals surface area (Å²) < 4.78 is 15.7. The zero-order valence-corrected chi connectivity index (χ0v) is 13.9. The second-order valence-corrected chi connectivity index (χ2v) is 6.66. The SMILES string of the molecule is O=c1c2cc(Br)ccc2nc2sc(Nc3ccccc3F)nn12. The first-order chi connectivity index (χ1) is 11.1. The van der Waals surface area contributed by atoms with Gasteiger partial charge in [0, 0.05) is 4.47 Å². The van der Waals surface area contributed by atoms with Crippen molar-refractivity contribution in [3.8, 4) is 0 Å². The van der Waals surface area contributed by atoms with Crippen LogP contribution in [0.4, 0.5) is 15.2 Å². The third kappa shape index (κ3) is 2.49. The van der Waals surface area contributed by atoms with Crippen LogP contribution in [0.5, 0.6) is 0 Å². The molecule has 0 fully saturated rings. The van der Waals surface area contributed by atoms with Crippen LogP contribution in [-0.2, 0) is 0 Å². The van der Waals surface area contributed by atoms with Crippen molar-refractivity contribution in [2.24, 2.45) is 0 Å². The first-order valence-electron chi connectivity index (χ1n) is 6.62. The van der Waals surface area contributed by atoms with Crippen LogP contribution >= 0.6 is 27.3 Å². The van der Waals surface area contributed by atoms with E-state index in [0.29, 0.717) is 26.7 Å². The summed E-state index contributed by atoms with van der Waals surface area (Å²) in [6.45, 7) is 0. The number of para-hydroxylation sites is 1. The molecule has 5 nitrogen and oxygen atoms in total. The van der Waals surface area contributed by atoms with Crippen molar-refractivity contribution >= 4 is 53.9 Å². The quantitative estimate of drug-likeness (QED) is 0.562. The standard InChI is InChI=1S/C15H8BrFN4OS/c16-8-5-6-11-9(7-8)13(22)21-15(19-11)23-14(20-21)18-12-4-2-1-3-10(12)17/h1-7H,(H,18,20). The molecule has 4 rings (SSSR count). The Morgan fingerprint density at radius 3 is 2.87 bits per heavy atom. The van der Waals surface area contributed by atoms with Gasteiger partial charge in [-0.05, 0) is 30.3 Å². The van der Waals surface area contributed by atoms with E-state index in [-0.39, 0.29) is 11.4 Å². The molecule has 23 heavy (non-hydrogen) atoms. The smallest absolute Gasteiger partial charge is 0.283 e. The maximum absolute atomic E-state index is 13.7. The third-order valence-electron chi connectivity index (χ3n) is 3.27. The van der Waals surface area contributed by atoms with Crippen molar-refractivity contribution in [3.05, 3.63) is 63.1 Å². The van der Waals surface area contributed by atoms with Gasteiger partial charge in [-0.15, -0.1) is 5.10 Å². The fraction of sp³-hybridized carbons (Fsp3) is 0. The molecule has 0 saturated heterocycles. The molecule has 0 saturated carbocycles. The van der Waals surface area contributed by atoms with Crippen molar-refractivity contribution in [1.82, 2.24) is 14.6 Å².